The molecule has 0 radical (unpaired) electrons. The number of pyridine rings is 1. The fraction of sp³-hybridized carbons (Fsp3) is 0.227. The summed E-state index contributed by atoms with van der Waals surface area (Å²) >= 11 is 7.85. The predicted molar refractivity (Wildman–Crippen MR) is 121 cm³/mol. The van der Waals surface area contributed by atoms with E-state index in [2.05, 4.69) is 15.0 Å². The van der Waals surface area contributed by atoms with E-state index in [9.17, 15) is 4.79 Å². The molecule has 5 rings (SSSR count). The van der Waals surface area contributed by atoms with Crippen LogP contribution in [0, 0.1) is 6.92 Å². The molecule has 1 fully saturated rings. The Bertz CT molecular complexity index is 1210. The van der Waals surface area contributed by atoms with E-state index in [1.54, 1.807) is 6.20 Å². The van der Waals surface area contributed by atoms with Gasteiger partial charge in [0.25, 0.3) is 5.91 Å². The molecule has 0 saturated carbocycles. The molecule has 4 aromatic rings. The topological polar surface area (TPSA) is 54.3 Å². The molecule has 0 spiro atoms. The van der Waals surface area contributed by atoms with Gasteiger partial charge < -0.3 is 9.80 Å². The van der Waals surface area contributed by atoms with Crippen molar-refractivity contribution in [2.45, 2.75) is 6.92 Å². The number of fused-ring (bicyclic) bond motifs is 1. The summed E-state index contributed by atoms with van der Waals surface area (Å²) in [6, 6.07) is 15.5. The first-order valence-electron chi connectivity index (χ1n) is 9.81. The number of halogens is 1. The Balaban J connectivity index is 1.39. The van der Waals surface area contributed by atoms with E-state index in [-0.39, 0.29) is 5.91 Å². The second kappa shape index (κ2) is 7.74. The van der Waals surface area contributed by atoms with Crippen LogP contribution in [0.3, 0.4) is 0 Å². The number of piperazine rings is 1. The summed E-state index contributed by atoms with van der Waals surface area (Å²) in [6.07, 6.45) is 1.80. The minimum absolute atomic E-state index is 0.0713. The highest BCUT2D eigenvalue weighted by Gasteiger charge is 2.25. The highest BCUT2D eigenvalue weighted by atomic mass is 35.5. The summed E-state index contributed by atoms with van der Waals surface area (Å²) in [6.45, 7) is 4.88. The van der Waals surface area contributed by atoms with Gasteiger partial charge in [0.2, 0.25) is 0 Å². The van der Waals surface area contributed by atoms with Gasteiger partial charge in [-0.05, 0) is 37.3 Å². The molecule has 4 heterocycles. The van der Waals surface area contributed by atoms with E-state index in [0.29, 0.717) is 18.1 Å². The standard InChI is InChI=1S/C22H20ClN5OS/c1-15-16-14-19(30-22(16)28(25-15)18-7-3-2-6-17(18)23)21(29)27-12-10-26(11-13-27)20-8-4-5-9-24-20/h2-9,14H,10-13H2,1H3. The lowest BCUT2D eigenvalue weighted by molar-refractivity contribution is 0.0751. The van der Waals surface area contributed by atoms with Crippen LogP contribution in [0.2, 0.25) is 5.02 Å². The highest BCUT2D eigenvalue weighted by Crippen LogP contribution is 2.33. The average Bonchev–Trinajstić information content (AvgIpc) is 3.35. The summed E-state index contributed by atoms with van der Waals surface area (Å²) in [7, 11) is 0. The monoisotopic (exact) mass is 437 g/mol. The Morgan fingerprint density at radius 3 is 2.57 bits per heavy atom. The molecule has 0 aliphatic carbocycles. The number of hydrogen-bond acceptors (Lipinski definition) is 5. The van der Waals surface area contributed by atoms with E-state index in [1.807, 2.05) is 65.0 Å². The Morgan fingerprint density at radius 1 is 1.07 bits per heavy atom. The first-order chi connectivity index (χ1) is 14.6. The maximum absolute atomic E-state index is 13.2. The second-order valence-corrected chi connectivity index (χ2v) is 8.68. The molecule has 0 N–H and O–H groups in total. The van der Waals surface area contributed by atoms with Crippen molar-refractivity contribution in [1.82, 2.24) is 19.7 Å². The van der Waals surface area contributed by atoms with E-state index >= 15 is 0 Å². The highest BCUT2D eigenvalue weighted by molar-refractivity contribution is 7.20. The summed E-state index contributed by atoms with van der Waals surface area (Å²) in [5, 5.41) is 6.27. The van der Waals surface area contributed by atoms with E-state index in [0.717, 1.165) is 45.4 Å². The van der Waals surface area contributed by atoms with Crippen LogP contribution in [0.25, 0.3) is 15.9 Å². The number of carbonyl (C=O) groups is 1. The molecule has 1 saturated heterocycles. The zero-order chi connectivity index (χ0) is 20.7. The quantitative estimate of drug-likeness (QED) is 0.476. The molecule has 30 heavy (non-hydrogen) atoms. The van der Waals surface area contributed by atoms with Crippen LogP contribution >= 0.6 is 22.9 Å². The number of hydrogen-bond donors (Lipinski definition) is 0. The number of aryl methyl sites for hydroxylation is 1. The van der Waals surface area contributed by atoms with Crippen LogP contribution in [0.1, 0.15) is 15.4 Å². The van der Waals surface area contributed by atoms with Crippen LogP contribution in [0.4, 0.5) is 5.82 Å². The molecule has 8 heteroatoms. The van der Waals surface area contributed by atoms with Crippen LogP contribution in [0.5, 0.6) is 0 Å². The van der Waals surface area contributed by atoms with Crippen molar-refractivity contribution in [1.29, 1.82) is 0 Å². The number of thiophene rings is 1. The lowest BCUT2D eigenvalue weighted by Gasteiger charge is -2.35. The minimum Gasteiger partial charge on any atom is -0.353 e. The van der Waals surface area contributed by atoms with E-state index < -0.39 is 0 Å². The lowest BCUT2D eigenvalue weighted by atomic mass is 10.2. The minimum atomic E-state index is 0.0713. The number of nitrogens with zero attached hydrogens (tertiary/aromatic N) is 5. The summed E-state index contributed by atoms with van der Waals surface area (Å²) in [5.74, 6) is 1.03. The number of para-hydroxylation sites is 1. The first-order valence-corrected chi connectivity index (χ1v) is 11.0. The third kappa shape index (κ3) is 3.34. The van der Waals surface area contributed by atoms with Crippen LogP contribution in [-0.2, 0) is 0 Å². The van der Waals surface area contributed by atoms with Crippen molar-refractivity contribution >= 4 is 44.9 Å². The van der Waals surface area contributed by atoms with Gasteiger partial charge in [0, 0.05) is 37.8 Å². The third-order valence-corrected chi connectivity index (χ3v) is 6.79. The van der Waals surface area contributed by atoms with Gasteiger partial charge in [-0.25, -0.2) is 9.67 Å². The van der Waals surface area contributed by atoms with Gasteiger partial charge >= 0.3 is 0 Å². The zero-order valence-corrected chi connectivity index (χ0v) is 18.0. The summed E-state index contributed by atoms with van der Waals surface area (Å²) < 4.78 is 1.84. The number of carbonyl (C=O) groups excluding carboxylic acids is 1. The summed E-state index contributed by atoms with van der Waals surface area (Å²) in [4.78, 5) is 23.4. The Hall–Kier alpha value is -2.90. The van der Waals surface area contributed by atoms with E-state index in [1.165, 1.54) is 11.3 Å². The van der Waals surface area contributed by atoms with Crippen molar-refractivity contribution < 1.29 is 4.79 Å². The average molecular weight is 438 g/mol. The molecule has 1 aliphatic heterocycles. The number of aromatic nitrogens is 3. The molecule has 0 bridgehead atoms. The molecule has 152 valence electrons. The number of amides is 1. The van der Waals surface area contributed by atoms with Crippen LogP contribution in [-0.4, -0.2) is 51.8 Å². The number of rotatable bonds is 3. The summed E-state index contributed by atoms with van der Waals surface area (Å²) in [5.41, 5.74) is 1.71. The van der Waals surface area contributed by atoms with Crippen LogP contribution in [0.15, 0.2) is 54.7 Å². The molecule has 6 nitrogen and oxygen atoms in total. The Labute approximate surface area is 183 Å². The molecular formula is C22H20ClN5OS. The van der Waals surface area contributed by atoms with Crippen molar-refractivity contribution in [2.75, 3.05) is 31.1 Å². The molecule has 1 amide bonds. The SMILES string of the molecule is Cc1nn(-c2ccccc2Cl)c2sc(C(=O)N3CCN(c4ccccn4)CC3)cc12. The van der Waals surface area contributed by atoms with E-state index in [4.69, 9.17) is 11.6 Å². The van der Waals surface area contributed by atoms with Gasteiger partial charge in [-0.1, -0.05) is 29.8 Å². The van der Waals surface area contributed by atoms with Gasteiger partial charge in [-0.2, -0.15) is 5.10 Å². The van der Waals surface area contributed by atoms with Crippen molar-refractivity contribution in [3.8, 4) is 5.69 Å². The maximum Gasteiger partial charge on any atom is 0.264 e. The molecule has 0 unspecified atom stereocenters. The van der Waals surface area contributed by atoms with Crippen LogP contribution < -0.4 is 4.90 Å². The number of anilines is 1. The number of benzene rings is 1. The van der Waals surface area contributed by atoms with Gasteiger partial charge in [-0.3, -0.25) is 4.79 Å². The van der Waals surface area contributed by atoms with Gasteiger partial charge in [-0.15, -0.1) is 11.3 Å². The van der Waals surface area contributed by atoms with Gasteiger partial charge in [0.05, 0.1) is 21.3 Å². The molecule has 1 aromatic carbocycles. The van der Waals surface area contributed by atoms with Gasteiger partial charge in [0.15, 0.2) is 0 Å². The second-order valence-electron chi connectivity index (χ2n) is 7.25. The van der Waals surface area contributed by atoms with Gasteiger partial charge in [0.1, 0.15) is 10.6 Å². The molecule has 1 aliphatic rings. The lowest BCUT2D eigenvalue weighted by Crippen LogP contribution is -2.48. The van der Waals surface area contributed by atoms with Crippen molar-refractivity contribution in [3.05, 3.63) is 70.3 Å². The third-order valence-electron chi connectivity index (χ3n) is 5.38. The fourth-order valence-electron chi connectivity index (χ4n) is 3.77. The molecule has 0 atom stereocenters. The molecular weight excluding hydrogens is 418 g/mol. The fourth-order valence-corrected chi connectivity index (χ4v) is 5.13. The Morgan fingerprint density at radius 2 is 1.83 bits per heavy atom. The smallest absolute Gasteiger partial charge is 0.264 e. The van der Waals surface area contributed by atoms with Crippen molar-refractivity contribution in [3.63, 3.8) is 0 Å². The largest absolute Gasteiger partial charge is 0.353 e. The first kappa shape index (κ1) is 19.1. The molecule has 3 aromatic heterocycles. The predicted octanol–water partition coefficient (Wildman–Crippen LogP) is 4.41. The maximum atomic E-state index is 13.2. The zero-order valence-electron chi connectivity index (χ0n) is 16.5. The Kier molecular flexibility index (Phi) is 4.92. The van der Waals surface area contributed by atoms with Crippen molar-refractivity contribution in [2.24, 2.45) is 0 Å². The normalized spacial score (nSPS) is 14.5.